The van der Waals surface area contributed by atoms with Crippen LogP contribution in [0.15, 0.2) is 24.3 Å². The molecule has 0 aliphatic heterocycles. The zero-order chi connectivity index (χ0) is 10.6. The highest BCUT2D eigenvalue weighted by Crippen LogP contribution is 2.13. The lowest BCUT2D eigenvalue weighted by molar-refractivity contribution is 0.352. The summed E-state index contributed by atoms with van der Waals surface area (Å²) < 4.78 is 12.7. The predicted molar refractivity (Wildman–Crippen MR) is 56.8 cm³/mol. The van der Waals surface area contributed by atoms with Crippen molar-refractivity contribution in [1.29, 1.82) is 0 Å². The average molecular weight is 196 g/mol. The van der Waals surface area contributed by atoms with E-state index < -0.39 is 0 Å². The Morgan fingerprint density at radius 2 is 1.86 bits per heavy atom. The molecule has 0 radical (unpaired) electrons. The van der Waals surface area contributed by atoms with Crippen LogP contribution in [0.1, 0.15) is 11.6 Å². The molecule has 0 heterocycles. The van der Waals surface area contributed by atoms with E-state index in [1.807, 2.05) is 33.3 Å². The molecule has 0 bridgehead atoms. The molecule has 1 N–H and O–H groups in total. The summed E-state index contributed by atoms with van der Waals surface area (Å²) in [5.74, 6) is -0.187. The second-order valence-electron chi connectivity index (χ2n) is 3.66. The first-order chi connectivity index (χ1) is 6.63. The van der Waals surface area contributed by atoms with Gasteiger partial charge in [-0.25, -0.2) is 4.39 Å². The van der Waals surface area contributed by atoms with Crippen LogP contribution in [0.5, 0.6) is 0 Å². The summed E-state index contributed by atoms with van der Waals surface area (Å²) in [5, 5.41) is 3.21. The van der Waals surface area contributed by atoms with Gasteiger partial charge in [0.1, 0.15) is 5.82 Å². The molecule has 0 fully saturated rings. The van der Waals surface area contributed by atoms with Crippen molar-refractivity contribution in [1.82, 2.24) is 10.2 Å². The van der Waals surface area contributed by atoms with Crippen LogP contribution in [-0.4, -0.2) is 32.6 Å². The quantitative estimate of drug-likeness (QED) is 0.787. The van der Waals surface area contributed by atoms with Crippen LogP contribution in [0.3, 0.4) is 0 Å². The smallest absolute Gasteiger partial charge is 0.123 e. The monoisotopic (exact) mass is 196 g/mol. The number of nitrogens with zero attached hydrogens (tertiary/aromatic N) is 1. The Hall–Kier alpha value is -0.930. The van der Waals surface area contributed by atoms with E-state index in [4.69, 9.17) is 0 Å². The van der Waals surface area contributed by atoms with E-state index in [-0.39, 0.29) is 11.9 Å². The third-order valence-corrected chi connectivity index (χ3v) is 2.17. The first-order valence-corrected chi connectivity index (χ1v) is 4.71. The number of hydrogen-bond donors (Lipinski definition) is 1. The van der Waals surface area contributed by atoms with Crippen LogP contribution in [0.4, 0.5) is 4.39 Å². The number of rotatable bonds is 4. The summed E-state index contributed by atoms with van der Waals surface area (Å²) in [7, 11) is 5.96. The Morgan fingerprint density at radius 3 is 2.29 bits per heavy atom. The summed E-state index contributed by atoms with van der Waals surface area (Å²) in [4.78, 5) is 2.10. The lowest BCUT2D eigenvalue weighted by Crippen LogP contribution is -2.28. The molecule has 1 rings (SSSR count). The van der Waals surface area contributed by atoms with E-state index in [0.717, 1.165) is 12.1 Å². The van der Waals surface area contributed by atoms with Crippen molar-refractivity contribution < 1.29 is 4.39 Å². The van der Waals surface area contributed by atoms with Gasteiger partial charge in [-0.15, -0.1) is 0 Å². The van der Waals surface area contributed by atoms with Gasteiger partial charge in [0.2, 0.25) is 0 Å². The normalized spacial score (nSPS) is 13.2. The Kier molecular flexibility index (Phi) is 4.04. The van der Waals surface area contributed by atoms with Gasteiger partial charge in [0.05, 0.1) is 0 Å². The molecule has 0 saturated carbocycles. The van der Waals surface area contributed by atoms with Crippen LogP contribution in [0, 0.1) is 5.82 Å². The van der Waals surface area contributed by atoms with Crippen LogP contribution in [0.2, 0.25) is 0 Å². The molecule has 78 valence electrons. The van der Waals surface area contributed by atoms with Gasteiger partial charge >= 0.3 is 0 Å². The fourth-order valence-electron chi connectivity index (χ4n) is 1.42. The van der Waals surface area contributed by atoms with Gasteiger partial charge in [-0.2, -0.15) is 0 Å². The summed E-state index contributed by atoms with van der Waals surface area (Å²) in [5.41, 5.74) is 1.11. The topological polar surface area (TPSA) is 15.3 Å². The minimum absolute atomic E-state index is 0.187. The summed E-state index contributed by atoms with van der Waals surface area (Å²) in [6.07, 6.45) is 0. The fraction of sp³-hybridized carbons (Fsp3) is 0.455. The third-order valence-electron chi connectivity index (χ3n) is 2.17. The Bertz CT molecular complexity index is 269. The number of likely N-dealkylation sites (N-methyl/N-ethyl adjacent to an activating group) is 2. The zero-order valence-corrected chi connectivity index (χ0v) is 8.92. The molecule has 0 saturated heterocycles. The first kappa shape index (κ1) is 11.1. The Labute approximate surface area is 84.7 Å². The van der Waals surface area contributed by atoms with Crippen LogP contribution in [0.25, 0.3) is 0 Å². The maximum absolute atomic E-state index is 12.7. The lowest BCUT2D eigenvalue weighted by atomic mass is 10.1. The molecule has 0 spiro atoms. The average Bonchev–Trinajstić information content (AvgIpc) is 2.15. The van der Waals surface area contributed by atoms with Gasteiger partial charge in [-0.05, 0) is 38.8 Å². The highest BCUT2D eigenvalue weighted by molar-refractivity contribution is 5.20. The van der Waals surface area contributed by atoms with Crippen LogP contribution < -0.4 is 5.32 Å². The number of nitrogens with one attached hydrogen (secondary N) is 1. The van der Waals surface area contributed by atoms with E-state index in [0.29, 0.717) is 0 Å². The molecule has 1 aromatic rings. The molecule has 0 aliphatic carbocycles. The Morgan fingerprint density at radius 1 is 1.29 bits per heavy atom. The number of benzene rings is 1. The van der Waals surface area contributed by atoms with Crippen molar-refractivity contribution in [2.45, 2.75) is 6.04 Å². The predicted octanol–water partition coefficient (Wildman–Crippen LogP) is 1.65. The van der Waals surface area contributed by atoms with Crippen molar-refractivity contribution in [2.75, 3.05) is 27.7 Å². The molecule has 2 nitrogen and oxygen atoms in total. The Balaban J connectivity index is 2.73. The van der Waals surface area contributed by atoms with Crippen molar-refractivity contribution in [3.05, 3.63) is 35.6 Å². The second-order valence-corrected chi connectivity index (χ2v) is 3.66. The largest absolute Gasteiger partial charge is 0.312 e. The van der Waals surface area contributed by atoms with Gasteiger partial charge in [0, 0.05) is 12.6 Å². The van der Waals surface area contributed by atoms with Crippen molar-refractivity contribution in [3.63, 3.8) is 0 Å². The first-order valence-electron chi connectivity index (χ1n) is 4.71. The van der Waals surface area contributed by atoms with Gasteiger partial charge in [-0.1, -0.05) is 12.1 Å². The third kappa shape index (κ3) is 3.09. The molecule has 0 aliphatic rings. The maximum atomic E-state index is 12.7. The minimum atomic E-state index is -0.187. The van der Waals surface area contributed by atoms with Crippen LogP contribution >= 0.6 is 0 Å². The molecule has 1 aromatic carbocycles. The van der Waals surface area contributed by atoms with E-state index in [1.54, 1.807) is 0 Å². The van der Waals surface area contributed by atoms with Gasteiger partial charge in [0.15, 0.2) is 0 Å². The van der Waals surface area contributed by atoms with E-state index >= 15 is 0 Å². The molecule has 0 amide bonds. The molecule has 1 atom stereocenters. The second kappa shape index (κ2) is 5.08. The van der Waals surface area contributed by atoms with E-state index in [2.05, 4.69) is 10.2 Å². The van der Waals surface area contributed by atoms with Crippen molar-refractivity contribution >= 4 is 0 Å². The summed E-state index contributed by atoms with van der Waals surface area (Å²) in [6.45, 7) is 0.905. The molecular weight excluding hydrogens is 179 g/mol. The lowest BCUT2D eigenvalue weighted by Gasteiger charge is -2.20. The number of hydrogen-bond acceptors (Lipinski definition) is 2. The summed E-state index contributed by atoms with van der Waals surface area (Å²) >= 11 is 0. The van der Waals surface area contributed by atoms with Crippen LogP contribution in [-0.2, 0) is 0 Å². The molecular formula is C11H17FN2. The van der Waals surface area contributed by atoms with E-state index in [1.165, 1.54) is 12.1 Å². The SMILES string of the molecule is CNC(CN(C)C)c1ccc(F)cc1. The minimum Gasteiger partial charge on any atom is -0.312 e. The fourth-order valence-corrected chi connectivity index (χ4v) is 1.42. The van der Waals surface area contributed by atoms with Crippen molar-refractivity contribution in [2.24, 2.45) is 0 Å². The highest BCUT2D eigenvalue weighted by atomic mass is 19.1. The standard InChI is InChI=1S/C11H17FN2/c1-13-11(8-14(2)3)9-4-6-10(12)7-5-9/h4-7,11,13H,8H2,1-3H3. The van der Waals surface area contributed by atoms with E-state index in [9.17, 15) is 4.39 Å². The molecule has 0 aromatic heterocycles. The zero-order valence-electron chi connectivity index (χ0n) is 8.92. The highest BCUT2D eigenvalue weighted by Gasteiger charge is 2.09. The van der Waals surface area contributed by atoms with Crippen molar-refractivity contribution in [3.8, 4) is 0 Å². The van der Waals surface area contributed by atoms with Gasteiger partial charge in [0.25, 0.3) is 0 Å². The van der Waals surface area contributed by atoms with Gasteiger partial charge < -0.3 is 10.2 Å². The molecule has 14 heavy (non-hydrogen) atoms. The number of halogens is 1. The van der Waals surface area contributed by atoms with Gasteiger partial charge in [-0.3, -0.25) is 0 Å². The molecule has 1 unspecified atom stereocenters. The summed E-state index contributed by atoms with van der Waals surface area (Å²) in [6, 6.07) is 6.88. The maximum Gasteiger partial charge on any atom is 0.123 e. The molecule has 3 heteroatoms.